The fourth-order valence-corrected chi connectivity index (χ4v) is 6.28. The molecule has 0 aliphatic carbocycles. The van der Waals surface area contributed by atoms with Crippen LogP contribution in [-0.2, 0) is 0 Å². The summed E-state index contributed by atoms with van der Waals surface area (Å²) < 4.78 is 15.2. The fraction of sp³-hybridized carbons (Fsp3) is 0.214. The van der Waals surface area contributed by atoms with Gasteiger partial charge in [0.2, 0.25) is 10.8 Å². The summed E-state index contributed by atoms with van der Waals surface area (Å²) in [5.41, 5.74) is 3.48. The van der Waals surface area contributed by atoms with Crippen molar-refractivity contribution in [1.29, 1.82) is 0 Å². The smallest absolute Gasteiger partial charge is 0.230 e. The minimum absolute atomic E-state index is 0.0932. The SMILES string of the molecule is Oc1c([C@@H](c2ccc(F)cc2)N2CCN(C(c3ccccc3)c3ccccc3)CC2)sc2ncnn12. The van der Waals surface area contributed by atoms with Crippen molar-refractivity contribution in [3.63, 3.8) is 0 Å². The summed E-state index contributed by atoms with van der Waals surface area (Å²) >= 11 is 1.42. The van der Waals surface area contributed by atoms with Gasteiger partial charge in [0.1, 0.15) is 12.1 Å². The molecule has 1 fully saturated rings. The number of fused-ring (bicyclic) bond motifs is 1. The van der Waals surface area contributed by atoms with Gasteiger partial charge in [-0.1, -0.05) is 84.1 Å². The normalized spacial score (nSPS) is 16.1. The van der Waals surface area contributed by atoms with Gasteiger partial charge in [-0.2, -0.15) is 9.61 Å². The molecule has 1 aliphatic rings. The number of hydrogen-bond acceptors (Lipinski definition) is 6. The highest BCUT2D eigenvalue weighted by atomic mass is 32.1. The summed E-state index contributed by atoms with van der Waals surface area (Å²) in [6.07, 6.45) is 1.44. The summed E-state index contributed by atoms with van der Waals surface area (Å²) in [4.78, 5) is 10.6. The zero-order valence-corrected chi connectivity index (χ0v) is 20.4. The summed E-state index contributed by atoms with van der Waals surface area (Å²) in [5, 5.41) is 15.1. The van der Waals surface area contributed by atoms with Crippen LogP contribution in [0.25, 0.3) is 4.96 Å². The molecule has 5 aromatic rings. The average molecular weight is 500 g/mol. The molecule has 6 rings (SSSR count). The Morgan fingerprint density at radius 2 is 1.25 bits per heavy atom. The van der Waals surface area contributed by atoms with Gasteiger partial charge < -0.3 is 5.11 Å². The molecule has 0 radical (unpaired) electrons. The molecule has 1 aliphatic heterocycles. The minimum Gasteiger partial charge on any atom is -0.492 e. The standard InChI is InChI=1S/C28H26FN5OS/c29-23-13-11-22(12-14-23)25(26-27(35)34-28(36-26)30-19-31-34)33-17-15-32(16-18-33)24(20-7-3-1-4-8-20)21-9-5-2-6-10-21/h1-14,19,24-25,35H,15-18H2/t25-/m1/s1. The second kappa shape index (κ2) is 9.81. The van der Waals surface area contributed by atoms with Crippen molar-refractivity contribution in [1.82, 2.24) is 24.4 Å². The highest BCUT2D eigenvalue weighted by Gasteiger charge is 2.33. The Balaban J connectivity index is 1.31. The molecular weight excluding hydrogens is 473 g/mol. The molecule has 8 heteroatoms. The number of hydrogen-bond donors (Lipinski definition) is 1. The van der Waals surface area contributed by atoms with Crippen LogP contribution in [-0.4, -0.2) is 55.7 Å². The third-order valence-corrected chi connectivity index (χ3v) is 7.97. The van der Waals surface area contributed by atoms with E-state index in [1.807, 2.05) is 0 Å². The van der Waals surface area contributed by atoms with Crippen LogP contribution >= 0.6 is 11.3 Å². The first-order chi connectivity index (χ1) is 17.7. The van der Waals surface area contributed by atoms with Crippen LogP contribution in [0.4, 0.5) is 4.39 Å². The zero-order valence-electron chi connectivity index (χ0n) is 19.6. The van der Waals surface area contributed by atoms with E-state index in [2.05, 4.69) is 80.5 Å². The van der Waals surface area contributed by atoms with Crippen LogP contribution in [0.1, 0.15) is 33.7 Å². The molecular formula is C28H26FN5OS. The number of thiazole rings is 1. The van der Waals surface area contributed by atoms with E-state index in [9.17, 15) is 9.50 Å². The van der Waals surface area contributed by atoms with Crippen LogP contribution in [0, 0.1) is 5.82 Å². The molecule has 3 aromatic carbocycles. The number of piperazine rings is 1. The molecule has 0 spiro atoms. The lowest BCUT2D eigenvalue weighted by Gasteiger charge is -2.42. The van der Waals surface area contributed by atoms with E-state index in [1.54, 1.807) is 12.1 Å². The molecule has 2 aromatic heterocycles. The van der Waals surface area contributed by atoms with E-state index in [0.29, 0.717) is 4.96 Å². The van der Waals surface area contributed by atoms with E-state index in [4.69, 9.17) is 0 Å². The van der Waals surface area contributed by atoms with Crippen LogP contribution in [0.3, 0.4) is 0 Å². The van der Waals surface area contributed by atoms with Gasteiger partial charge in [-0.15, -0.1) is 0 Å². The predicted octanol–water partition coefficient (Wildman–Crippen LogP) is 5.13. The second-order valence-electron chi connectivity index (χ2n) is 8.99. The van der Waals surface area contributed by atoms with Crippen molar-refractivity contribution >= 4 is 16.3 Å². The van der Waals surface area contributed by atoms with Gasteiger partial charge in [-0.25, -0.2) is 9.37 Å². The maximum atomic E-state index is 13.8. The van der Waals surface area contributed by atoms with E-state index in [0.717, 1.165) is 36.6 Å². The molecule has 0 saturated carbocycles. The number of halogens is 1. The third-order valence-electron chi connectivity index (χ3n) is 6.88. The van der Waals surface area contributed by atoms with E-state index >= 15 is 0 Å². The Labute approximate surface area is 212 Å². The Kier molecular flexibility index (Phi) is 6.23. The monoisotopic (exact) mass is 499 g/mol. The number of aromatic hydroxyl groups is 1. The molecule has 1 atom stereocenters. The van der Waals surface area contributed by atoms with Gasteiger partial charge in [0.15, 0.2) is 0 Å². The lowest BCUT2D eigenvalue weighted by Crippen LogP contribution is -2.49. The van der Waals surface area contributed by atoms with Crippen LogP contribution in [0.15, 0.2) is 91.3 Å². The van der Waals surface area contributed by atoms with Crippen LogP contribution < -0.4 is 0 Å². The molecule has 0 amide bonds. The first-order valence-electron chi connectivity index (χ1n) is 12.0. The van der Waals surface area contributed by atoms with Gasteiger partial charge >= 0.3 is 0 Å². The Morgan fingerprint density at radius 3 is 1.81 bits per heavy atom. The largest absolute Gasteiger partial charge is 0.492 e. The van der Waals surface area contributed by atoms with Crippen molar-refractivity contribution in [3.05, 3.63) is 119 Å². The maximum absolute atomic E-state index is 13.8. The van der Waals surface area contributed by atoms with Gasteiger partial charge in [-0.05, 0) is 28.8 Å². The lowest BCUT2D eigenvalue weighted by molar-refractivity contribution is 0.0899. The summed E-state index contributed by atoms with van der Waals surface area (Å²) in [7, 11) is 0. The molecule has 182 valence electrons. The minimum atomic E-state index is -0.275. The maximum Gasteiger partial charge on any atom is 0.230 e. The Hall–Kier alpha value is -3.59. The fourth-order valence-electron chi connectivity index (χ4n) is 5.18. The van der Waals surface area contributed by atoms with E-state index in [-0.39, 0.29) is 23.8 Å². The Bertz CT molecular complexity index is 1390. The number of aromatic nitrogens is 3. The predicted molar refractivity (Wildman–Crippen MR) is 139 cm³/mol. The van der Waals surface area contributed by atoms with Crippen molar-refractivity contribution in [3.8, 4) is 5.88 Å². The number of rotatable bonds is 6. The number of benzene rings is 3. The molecule has 3 heterocycles. The van der Waals surface area contributed by atoms with Gasteiger partial charge in [0, 0.05) is 26.2 Å². The summed E-state index contributed by atoms with van der Waals surface area (Å²) in [6.45, 7) is 3.30. The molecule has 1 N–H and O–H groups in total. The Morgan fingerprint density at radius 1 is 0.722 bits per heavy atom. The molecule has 36 heavy (non-hydrogen) atoms. The highest BCUT2D eigenvalue weighted by molar-refractivity contribution is 7.17. The zero-order chi connectivity index (χ0) is 24.5. The quantitative estimate of drug-likeness (QED) is 0.351. The van der Waals surface area contributed by atoms with Crippen molar-refractivity contribution < 1.29 is 9.50 Å². The van der Waals surface area contributed by atoms with Gasteiger partial charge in [0.05, 0.1) is 17.0 Å². The lowest BCUT2D eigenvalue weighted by atomic mass is 9.96. The molecule has 6 nitrogen and oxygen atoms in total. The number of nitrogens with zero attached hydrogens (tertiary/aromatic N) is 5. The topological polar surface area (TPSA) is 56.9 Å². The highest BCUT2D eigenvalue weighted by Crippen LogP contribution is 2.40. The van der Waals surface area contributed by atoms with Crippen LogP contribution in [0.5, 0.6) is 5.88 Å². The average Bonchev–Trinajstić information content (AvgIpc) is 3.51. The first-order valence-corrected chi connectivity index (χ1v) is 12.9. The van der Waals surface area contributed by atoms with E-state index in [1.165, 1.54) is 45.4 Å². The van der Waals surface area contributed by atoms with E-state index < -0.39 is 0 Å². The second-order valence-corrected chi connectivity index (χ2v) is 10.0. The van der Waals surface area contributed by atoms with Crippen molar-refractivity contribution in [2.45, 2.75) is 12.1 Å². The third kappa shape index (κ3) is 4.28. The molecule has 1 saturated heterocycles. The summed E-state index contributed by atoms with van der Waals surface area (Å²) in [5.74, 6) is -0.182. The first kappa shape index (κ1) is 22.8. The summed E-state index contributed by atoms with van der Waals surface area (Å²) in [6, 6.07) is 27.8. The van der Waals surface area contributed by atoms with Gasteiger partial charge in [0.25, 0.3) is 0 Å². The van der Waals surface area contributed by atoms with Crippen LogP contribution in [0.2, 0.25) is 0 Å². The van der Waals surface area contributed by atoms with Crippen molar-refractivity contribution in [2.75, 3.05) is 26.2 Å². The van der Waals surface area contributed by atoms with Gasteiger partial charge in [-0.3, -0.25) is 9.80 Å². The molecule has 0 unspecified atom stereocenters. The molecule has 0 bridgehead atoms. The van der Waals surface area contributed by atoms with Crippen molar-refractivity contribution in [2.24, 2.45) is 0 Å².